The summed E-state index contributed by atoms with van der Waals surface area (Å²) in [7, 11) is 0. The van der Waals surface area contributed by atoms with Crippen LogP contribution in [-0.4, -0.2) is 23.7 Å². The molecule has 1 aromatic carbocycles. The van der Waals surface area contributed by atoms with Gasteiger partial charge in [0.1, 0.15) is 0 Å². The molecule has 2 rings (SSSR count). The number of ether oxygens (including phenoxy) is 1. The molecule has 128 valence electrons. The fourth-order valence-corrected chi connectivity index (χ4v) is 2.34. The van der Waals surface area contributed by atoms with Crippen molar-refractivity contribution in [1.82, 2.24) is 15.6 Å². The first kappa shape index (κ1) is 17.8. The van der Waals surface area contributed by atoms with E-state index in [1.165, 1.54) is 5.56 Å². The maximum atomic E-state index is 12.0. The number of urea groups is 1. The van der Waals surface area contributed by atoms with Gasteiger partial charge in [-0.25, -0.2) is 9.78 Å². The summed E-state index contributed by atoms with van der Waals surface area (Å²) in [5.41, 5.74) is 2.24. The van der Waals surface area contributed by atoms with Gasteiger partial charge in [0.05, 0.1) is 6.61 Å². The van der Waals surface area contributed by atoms with Gasteiger partial charge in [0.2, 0.25) is 5.88 Å². The monoisotopic (exact) mass is 327 g/mol. The molecule has 0 aliphatic heterocycles. The Morgan fingerprint density at radius 3 is 2.75 bits per heavy atom. The predicted molar refractivity (Wildman–Crippen MR) is 95.0 cm³/mol. The number of nitrogens with one attached hydrogen (secondary N) is 2. The fraction of sp³-hybridized carbons (Fsp3) is 0.368. The third-order valence-corrected chi connectivity index (χ3v) is 3.63. The Morgan fingerprint density at radius 2 is 2.00 bits per heavy atom. The van der Waals surface area contributed by atoms with Gasteiger partial charge in [0.15, 0.2) is 0 Å². The molecule has 2 aromatic rings. The van der Waals surface area contributed by atoms with Crippen LogP contribution >= 0.6 is 0 Å². The Hall–Kier alpha value is -2.56. The first-order chi connectivity index (χ1) is 11.7. The van der Waals surface area contributed by atoms with Crippen LogP contribution in [0.3, 0.4) is 0 Å². The van der Waals surface area contributed by atoms with E-state index < -0.39 is 0 Å². The first-order valence-electron chi connectivity index (χ1n) is 8.33. The fourth-order valence-electron chi connectivity index (χ4n) is 2.34. The van der Waals surface area contributed by atoms with Crippen molar-refractivity contribution in [2.24, 2.45) is 0 Å². The number of pyridine rings is 1. The molecule has 2 N–H and O–H groups in total. The van der Waals surface area contributed by atoms with Crippen LogP contribution < -0.4 is 15.4 Å². The Labute approximate surface area is 143 Å². The van der Waals surface area contributed by atoms with Crippen molar-refractivity contribution < 1.29 is 9.53 Å². The van der Waals surface area contributed by atoms with Crippen molar-refractivity contribution in [1.29, 1.82) is 0 Å². The molecule has 5 nitrogen and oxygen atoms in total. The van der Waals surface area contributed by atoms with Gasteiger partial charge in [0, 0.05) is 24.8 Å². The zero-order valence-electron chi connectivity index (χ0n) is 14.3. The van der Waals surface area contributed by atoms with Crippen molar-refractivity contribution in [3.63, 3.8) is 0 Å². The van der Waals surface area contributed by atoms with Crippen LogP contribution in [0.4, 0.5) is 4.79 Å². The maximum absolute atomic E-state index is 12.0. The van der Waals surface area contributed by atoms with Gasteiger partial charge in [-0.15, -0.1) is 0 Å². The van der Waals surface area contributed by atoms with E-state index >= 15 is 0 Å². The molecule has 0 aliphatic carbocycles. The molecule has 1 unspecified atom stereocenters. The molecule has 5 heteroatoms. The quantitative estimate of drug-likeness (QED) is 0.782. The molecule has 0 saturated carbocycles. The van der Waals surface area contributed by atoms with Crippen molar-refractivity contribution in [3.05, 3.63) is 59.8 Å². The summed E-state index contributed by atoms with van der Waals surface area (Å²) in [6, 6.07) is 13.9. The third kappa shape index (κ3) is 6.28. The van der Waals surface area contributed by atoms with E-state index in [0.29, 0.717) is 19.0 Å². The van der Waals surface area contributed by atoms with Crippen LogP contribution in [0.25, 0.3) is 0 Å². The van der Waals surface area contributed by atoms with Gasteiger partial charge >= 0.3 is 6.03 Å². The number of amides is 2. The lowest BCUT2D eigenvalue weighted by Crippen LogP contribution is -2.40. The van der Waals surface area contributed by atoms with E-state index in [1.807, 2.05) is 44.2 Å². The molecule has 24 heavy (non-hydrogen) atoms. The molecule has 2 amide bonds. The van der Waals surface area contributed by atoms with Crippen LogP contribution in [0.15, 0.2) is 48.7 Å². The van der Waals surface area contributed by atoms with Crippen molar-refractivity contribution in [3.8, 4) is 5.88 Å². The maximum Gasteiger partial charge on any atom is 0.315 e. The molecular weight excluding hydrogens is 302 g/mol. The van der Waals surface area contributed by atoms with Gasteiger partial charge in [-0.3, -0.25) is 0 Å². The van der Waals surface area contributed by atoms with Crippen molar-refractivity contribution in [2.45, 2.75) is 39.3 Å². The van der Waals surface area contributed by atoms with Crippen molar-refractivity contribution >= 4 is 6.03 Å². The smallest absolute Gasteiger partial charge is 0.315 e. The highest BCUT2D eigenvalue weighted by Gasteiger charge is 2.07. The Bertz CT molecular complexity index is 632. The van der Waals surface area contributed by atoms with Gasteiger partial charge in [-0.1, -0.05) is 30.3 Å². The lowest BCUT2D eigenvalue weighted by molar-refractivity contribution is 0.236. The molecule has 0 bridgehead atoms. The minimum absolute atomic E-state index is 0.113. The van der Waals surface area contributed by atoms with Gasteiger partial charge in [-0.05, 0) is 43.9 Å². The van der Waals surface area contributed by atoms with Gasteiger partial charge in [0.25, 0.3) is 0 Å². The Kier molecular flexibility index (Phi) is 7.08. The number of carbonyl (C=O) groups excluding carboxylic acids is 1. The highest BCUT2D eigenvalue weighted by atomic mass is 16.5. The number of nitrogens with zero attached hydrogens (tertiary/aromatic N) is 1. The second kappa shape index (κ2) is 9.55. The Morgan fingerprint density at radius 1 is 1.21 bits per heavy atom. The van der Waals surface area contributed by atoms with Gasteiger partial charge < -0.3 is 15.4 Å². The molecule has 0 saturated heterocycles. The highest BCUT2D eigenvalue weighted by molar-refractivity contribution is 5.74. The molecule has 0 aliphatic rings. The normalized spacial score (nSPS) is 11.6. The molecule has 1 aromatic heterocycles. The molecule has 0 radical (unpaired) electrons. The number of carbonyl (C=O) groups is 1. The lowest BCUT2D eigenvalue weighted by Gasteiger charge is -2.15. The van der Waals surface area contributed by atoms with Crippen LogP contribution in [0, 0.1) is 0 Å². The van der Waals surface area contributed by atoms with E-state index in [4.69, 9.17) is 4.74 Å². The molecule has 1 heterocycles. The largest absolute Gasteiger partial charge is 0.478 e. The van der Waals surface area contributed by atoms with Crippen LogP contribution in [0.5, 0.6) is 5.88 Å². The average molecular weight is 327 g/mol. The lowest BCUT2D eigenvalue weighted by atomic mass is 10.1. The zero-order valence-corrected chi connectivity index (χ0v) is 14.3. The molecule has 1 atom stereocenters. The minimum atomic E-state index is -0.162. The van der Waals surface area contributed by atoms with Crippen LogP contribution in [0.2, 0.25) is 0 Å². The predicted octanol–water partition coefficient (Wildman–Crippen LogP) is 3.30. The van der Waals surface area contributed by atoms with Crippen molar-refractivity contribution in [2.75, 3.05) is 6.61 Å². The highest BCUT2D eigenvalue weighted by Crippen LogP contribution is 2.09. The van der Waals surface area contributed by atoms with E-state index in [1.54, 1.807) is 6.20 Å². The zero-order chi connectivity index (χ0) is 17.2. The molecular formula is C19H25N3O2. The summed E-state index contributed by atoms with van der Waals surface area (Å²) >= 11 is 0. The number of hydrogen-bond donors (Lipinski definition) is 2. The van der Waals surface area contributed by atoms with Gasteiger partial charge in [-0.2, -0.15) is 0 Å². The van der Waals surface area contributed by atoms with E-state index in [-0.39, 0.29) is 12.1 Å². The number of hydrogen-bond acceptors (Lipinski definition) is 3. The summed E-state index contributed by atoms with van der Waals surface area (Å²) in [6.07, 6.45) is 3.54. The Balaban J connectivity index is 1.71. The van der Waals surface area contributed by atoms with E-state index in [9.17, 15) is 4.79 Å². The number of aromatic nitrogens is 1. The second-order valence-corrected chi connectivity index (χ2v) is 5.69. The topological polar surface area (TPSA) is 63.2 Å². The summed E-state index contributed by atoms with van der Waals surface area (Å²) in [5.74, 6) is 0.577. The van der Waals surface area contributed by atoms with E-state index in [0.717, 1.165) is 18.4 Å². The summed E-state index contributed by atoms with van der Waals surface area (Å²) in [6.45, 7) is 4.95. The SMILES string of the molecule is CCOc1cc(CNC(=O)NC(C)CCc2ccccc2)ccn1. The van der Waals surface area contributed by atoms with Crippen LogP contribution in [-0.2, 0) is 13.0 Å². The molecule has 0 spiro atoms. The number of aryl methyl sites for hydroxylation is 1. The minimum Gasteiger partial charge on any atom is -0.478 e. The standard InChI is InChI=1S/C19H25N3O2/c1-3-24-18-13-17(11-12-20-18)14-21-19(23)22-15(2)9-10-16-7-5-4-6-8-16/h4-8,11-13,15H,3,9-10,14H2,1-2H3,(H2,21,22,23). The summed E-state index contributed by atoms with van der Waals surface area (Å²) in [4.78, 5) is 16.1. The van der Waals surface area contributed by atoms with Crippen LogP contribution in [0.1, 0.15) is 31.4 Å². The molecule has 0 fully saturated rings. The number of benzene rings is 1. The second-order valence-electron chi connectivity index (χ2n) is 5.69. The van der Waals surface area contributed by atoms with E-state index in [2.05, 4.69) is 27.8 Å². The average Bonchev–Trinajstić information content (AvgIpc) is 2.60. The summed E-state index contributed by atoms with van der Waals surface area (Å²) in [5, 5.41) is 5.83. The third-order valence-electron chi connectivity index (χ3n) is 3.63. The summed E-state index contributed by atoms with van der Waals surface area (Å²) < 4.78 is 5.35. The number of rotatable bonds is 8. The first-order valence-corrected chi connectivity index (χ1v) is 8.33.